The van der Waals surface area contributed by atoms with Crippen molar-refractivity contribution in [3.8, 4) is 5.75 Å². The summed E-state index contributed by atoms with van der Waals surface area (Å²) in [5, 5.41) is 0. The highest BCUT2D eigenvalue weighted by atomic mass is 19.4. The van der Waals surface area contributed by atoms with Crippen LogP contribution in [0.5, 0.6) is 5.75 Å². The Balaban J connectivity index is 2.06. The highest BCUT2D eigenvalue weighted by Crippen LogP contribution is 2.31. The number of ether oxygens (including phenoxy) is 2. The Kier molecular flexibility index (Phi) is 6.01. The maximum absolute atomic E-state index is 12.4. The van der Waals surface area contributed by atoms with E-state index in [4.69, 9.17) is 15.2 Å². The number of nitrogens with zero attached hydrogens (tertiary/aromatic N) is 2. The molecule has 0 aliphatic carbocycles. The molecule has 0 unspecified atom stereocenters. The van der Waals surface area contributed by atoms with Crippen molar-refractivity contribution < 1.29 is 27.4 Å². The molecule has 1 aliphatic heterocycles. The number of carbonyl (C=O) groups excluding carboxylic acids is 1. The molecule has 1 aromatic carbocycles. The van der Waals surface area contributed by atoms with Gasteiger partial charge in [0.2, 0.25) is 0 Å². The minimum Gasteiger partial charge on any atom is -0.482 e. The Labute approximate surface area is 157 Å². The van der Waals surface area contributed by atoms with E-state index in [2.05, 4.69) is 0 Å². The fourth-order valence-electron chi connectivity index (χ4n) is 2.82. The maximum atomic E-state index is 12.4. The Morgan fingerprint density at radius 1 is 1.26 bits per heavy atom. The van der Waals surface area contributed by atoms with Crippen LogP contribution in [0.1, 0.15) is 27.7 Å². The second-order valence-electron chi connectivity index (χ2n) is 7.59. The minimum absolute atomic E-state index is 0.00778. The van der Waals surface area contributed by atoms with Crippen LogP contribution in [-0.4, -0.2) is 55.1 Å². The molecule has 0 saturated carbocycles. The first-order chi connectivity index (χ1) is 12.4. The molecule has 0 spiro atoms. The normalized spacial score (nSPS) is 18.4. The number of carbonyl (C=O) groups is 1. The van der Waals surface area contributed by atoms with E-state index in [-0.39, 0.29) is 23.6 Å². The lowest BCUT2D eigenvalue weighted by molar-refractivity contribution is -0.153. The molecule has 1 aromatic rings. The van der Waals surface area contributed by atoms with Crippen molar-refractivity contribution in [1.82, 2.24) is 4.90 Å². The first-order valence-corrected chi connectivity index (χ1v) is 8.69. The molecular formula is C18H26F3N3O3. The predicted octanol–water partition coefficient (Wildman–Crippen LogP) is 3.66. The lowest BCUT2D eigenvalue weighted by Crippen LogP contribution is -2.54. The monoisotopic (exact) mass is 389 g/mol. The van der Waals surface area contributed by atoms with E-state index >= 15 is 0 Å². The Morgan fingerprint density at radius 3 is 2.48 bits per heavy atom. The third kappa shape index (κ3) is 6.11. The number of anilines is 2. The van der Waals surface area contributed by atoms with Gasteiger partial charge in [-0.3, -0.25) is 0 Å². The van der Waals surface area contributed by atoms with Gasteiger partial charge >= 0.3 is 12.3 Å². The van der Waals surface area contributed by atoms with Gasteiger partial charge in [-0.1, -0.05) is 0 Å². The fraction of sp³-hybridized carbons (Fsp3) is 0.611. The van der Waals surface area contributed by atoms with Crippen molar-refractivity contribution in [3.05, 3.63) is 18.2 Å². The second kappa shape index (κ2) is 7.74. The molecule has 1 heterocycles. The number of halogens is 3. The van der Waals surface area contributed by atoms with Crippen LogP contribution in [0.2, 0.25) is 0 Å². The standard InChI is InChI=1S/C18H26F3N3O3/c1-12-10-23(16(25)27-17(2,3)4)7-8-24(12)13-5-6-14(22)15(9-13)26-11-18(19,20)21/h5-6,9,12H,7-8,10-11,22H2,1-4H3/t12-/m1/s1. The Bertz CT molecular complexity index is 674. The first kappa shape index (κ1) is 21.0. The summed E-state index contributed by atoms with van der Waals surface area (Å²) in [4.78, 5) is 15.9. The van der Waals surface area contributed by atoms with Crippen LogP contribution in [-0.2, 0) is 4.74 Å². The number of nitrogens with two attached hydrogens (primary N) is 1. The van der Waals surface area contributed by atoms with E-state index in [0.717, 1.165) is 0 Å². The van der Waals surface area contributed by atoms with E-state index in [1.165, 1.54) is 12.1 Å². The zero-order chi connectivity index (χ0) is 20.4. The van der Waals surface area contributed by atoms with Crippen LogP contribution in [0, 0.1) is 0 Å². The average molecular weight is 389 g/mol. The molecule has 6 nitrogen and oxygen atoms in total. The SMILES string of the molecule is C[C@@H]1CN(C(=O)OC(C)(C)C)CCN1c1ccc(N)c(OCC(F)(F)F)c1. The number of hydrogen-bond acceptors (Lipinski definition) is 5. The Hall–Kier alpha value is -2.32. The predicted molar refractivity (Wildman–Crippen MR) is 97.0 cm³/mol. The van der Waals surface area contributed by atoms with E-state index < -0.39 is 18.4 Å². The van der Waals surface area contributed by atoms with Gasteiger partial charge < -0.3 is 25.0 Å². The van der Waals surface area contributed by atoms with E-state index in [9.17, 15) is 18.0 Å². The summed E-state index contributed by atoms with van der Waals surface area (Å²) in [5.74, 6) is -0.00778. The molecule has 1 amide bonds. The van der Waals surface area contributed by atoms with Gasteiger partial charge in [0.05, 0.1) is 5.69 Å². The summed E-state index contributed by atoms with van der Waals surface area (Å²) >= 11 is 0. The zero-order valence-electron chi connectivity index (χ0n) is 16.0. The number of hydrogen-bond donors (Lipinski definition) is 1. The van der Waals surface area contributed by atoms with Gasteiger partial charge in [0.1, 0.15) is 11.4 Å². The molecule has 2 N–H and O–H groups in total. The van der Waals surface area contributed by atoms with Crippen LogP contribution < -0.4 is 15.4 Å². The summed E-state index contributed by atoms with van der Waals surface area (Å²) < 4.78 is 47.4. The number of rotatable bonds is 3. The van der Waals surface area contributed by atoms with Crippen molar-refractivity contribution in [3.63, 3.8) is 0 Å². The number of nitrogen functional groups attached to an aromatic ring is 1. The molecule has 0 radical (unpaired) electrons. The molecule has 2 rings (SSSR count). The molecule has 1 fully saturated rings. The smallest absolute Gasteiger partial charge is 0.422 e. The van der Waals surface area contributed by atoms with Gasteiger partial charge in [0.25, 0.3) is 0 Å². The Morgan fingerprint density at radius 2 is 1.93 bits per heavy atom. The molecule has 0 bridgehead atoms. The molecule has 1 aliphatic rings. The molecule has 0 aromatic heterocycles. The van der Waals surface area contributed by atoms with Crippen molar-refractivity contribution in [1.29, 1.82) is 0 Å². The van der Waals surface area contributed by atoms with Gasteiger partial charge in [-0.05, 0) is 39.8 Å². The lowest BCUT2D eigenvalue weighted by atomic mass is 10.1. The lowest BCUT2D eigenvalue weighted by Gasteiger charge is -2.41. The average Bonchev–Trinajstić information content (AvgIpc) is 2.52. The number of benzene rings is 1. The van der Waals surface area contributed by atoms with E-state index in [1.54, 1.807) is 31.7 Å². The zero-order valence-corrected chi connectivity index (χ0v) is 16.0. The molecule has 1 saturated heterocycles. The third-order valence-corrected chi connectivity index (χ3v) is 4.00. The van der Waals surface area contributed by atoms with E-state index in [1.807, 2.05) is 11.8 Å². The van der Waals surface area contributed by atoms with Crippen LogP contribution in [0.15, 0.2) is 18.2 Å². The summed E-state index contributed by atoms with van der Waals surface area (Å²) in [7, 11) is 0. The molecule has 27 heavy (non-hydrogen) atoms. The summed E-state index contributed by atoms with van der Waals surface area (Å²) in [6.45, 7) is 7.36. The van der Waals surface area contributed by atoms with Gasteiger partial charge in [0, 0.05) is 37.4 Å². The third-order valence-electron chi connectivity index (χ3n) is 4.00. The van der Waals surface area contributed by atoms with Crippen LogP contribution in [0.3, 0.4) is 0 Å². The van der Waals surface area contributed by atoms with Crippen molar-refractivity contribution in [2.45, 2.75) is 45.5 Å². The molecule has 1 atom stereocenters. The topological polar surface area (TPSA) is 68.0 Å². The highest BCUT2D eigenvalue weighted by Gasteiger charge is 2.31. The van der Waals surface area contributed by atoms with Crippen LogP contribution in [0.4, 0.5) is 29.3 Å². The van der Waals surface area contributed by atoms with Gasteiger partial charge in [-0.25, -0.2) is 4.79 Å². The fourth-order valence-corrected chi connectivity index (χ4v) is 2.82. The van der Waals surface area contributed by atoms with Gasteiger partial charge in [-0.2, -0.15) is 13.2 Å². The van der Waals surface area contributed by atoms with Crippen molar-refractivity contribution >= 4 is 17.5 Å². The quantitative estimate of drug-likeness (QED) is 0.799. The summed E-state index contributed by atoms with van der Waals surface area (Å²) in [6.07, 6.45) is -4.81. The largest absolute Gasteiger partial charge is 0.482 e. The second-order valence-corrected chi connectivity index (χ2v) is 7.59. The van der Waals surface area contributed by atoms with Crippen LogP contribution in [0.25, 0.3) is 0 Å². The summed E-state index contributed by atoms with van der Waals surface area (Å²) in [5.41, 5.74) is 5.99. The number of piperazine rings is 1. The molecule has 9 heteroatoms. The van der Waals surface area contributed by atoms with Crippen molar-refractivity contribution in [2.75, 3.05) is 36.9 Å². The van der Waals surface area contributed by atoms with E-state index in [0.29, 0.717) is 25.3 Å². The maximum Gasteiger partial charge on any atom is 0.422 e. The van der Waals surface area contributed by atoms with Gasteiger partial charge in [0.15, 0.2) is 6.61 Å². The molecular weight excluding hydrogens is 363 g/mol. The minimum atomic E-state index is -4.44. The first-order valence-electron chi connectivity index (χ1n) is 8.69. The summed E-state index contributed by atoms with van der Waals surface area (Å²) in [6, 6.07) is 4.70. The molecule has 152 valence electrons. The van der Waals surface area contributed by atoms with Gasteiger partial charge in [-0.15, -0.1) is 0 Å². The van der Waals surface area contributed by atoms with Crippen LogP contribution >= 0.6 is 0 Å². The van der Waals surface area contributed by atoms with Crippen molar-refractivity contribution in [2.24, 2.45) is 0 Å². The highest BCUT2D eigenvalue weighted by molar-refractivity contribution is 5.69. The number of alkyl halides is 3. The number of amides is 1.